The highest BCUT2D eigenvalue weighted by molar-refractivity contribution is 4.83. The largest absolute Gasteiger partial charge is 0.383 e. The number of aliphatic hydroxyl groups is 1. The maximum absolute atomic E-state index is 12.2. The van der Waals surface area contributed by atoms with Gasteiger partial charge in [-0.15, -0.1) is 0 Å². The van der Waals surface area contributed by atoms with Crippen molar-refractivity contribution in [2.24, 2.45) is 0 Å². The molecule has 1 heterocycles. The highest BCUT2D eigenvalue weighted by Crippen LogP contribution is 2.14. The molecule has 0 aliphatic carbocycles. The minimum Gasteiger partial charge on any atom is -0.383 e. The summed E-state index contributed by atoms with van der Waals surface area (Å²) in [7, 11) is 0. The van der Waals surface area contributed by atoms with Gasteiger partial charge in [0.1, 0.15) is 12.3 Å². The molecule has 0 amide bonds. The molecule has 0 bridgehead atoms. The lowest BCUT2D eigenvalue weighted by atomic mass is 10.1. The van der Waals surface area contributed by atoms with Gasteiger partial charge in [0.2, 0.25) is 0 Å². The van der Waals surface area contributed by atoms with Crippen LogP contribution in [0.4, 0.5) is 4.39 Å². The number of hydrogen-bond donors (Lipinski definition) is 1. The maximum atomic E-state index is 12.2. The number of hydrogen-bond acceptors (Lipinski definition) is 3. The quantitative estimate of drug-likeness (QED) is 0.710. The predicted octanol–water partition coefficient (Wildman–Crippen LogP) is 1.02. The van der Waals surface area contributed by atoms with E-state index in [0.717, 1.165) is 6.54 Å². The second kappa shape index (κ2) is 6.29. The summed E-state index contributed by atoms with van der Waals surface area (Å²) in [4.78, 5) is 1.86. The van der Waals surface area contributed by atoms with Crippen LogP contribution in [0.5, 0.6) is 0 Å². The van der Waals surface area contributed by atoms with E-state index in [4.69, 9.17) is 4.74 Å². The predicted molar refractivity (Wildman–Crippen MR) is 50.3 cm³/mol. The van der Waals surface area contributed by atoms with Crippen molar-refractivity contribution in [1.82, 2.24) is 4.90 Å². The first kappa shape index (κ1) is 12.8. The van der Waals surface area contributed by atoms with Crippen LogP contribution in [-0.2, 0) is 4.74 Å². The molecule has 0 aromatic carbocycles. The molecule has 1 fully saturated rings. The molecule has 1 aliphatic heterocycles. The van der Waals surface area contributed by atoms with Gasteiger partial charge in [-0.25, -0.2) is 4.39 Å². The summed E-state index contributed by atoms with van der Waals surface area (Å²) in [6, 6.07) is 0. The SMILES string of the molecule is CC.CCN1COCC(O)(CF)C1. The van der Waals surface area contributed by atoms with Crippen molar-refractivity contribution >= 4 is 0 Å². The highest BCUT2D eigenvalue weighted by atomic mass is 19.1. The van der Waals surface area contributed by atoms with Gasteiger partial charge >= 0.3 is 0 Å². The molecule has 0 aromatic heterocycles. The Hall–Kier alpha value is -0.190. The summed E-state index contributed by atoms with van der Waals surface area (Å²) in [6.45, 7) is 6.98. The molecule has 0 radical (unpaired) electrons. The van der Waals surface area contributed by atoms with E-state index in [0.29, 0.717) is 13.3 Å². The molecule has 4 heteroatoms. The number of ether oxygens (including phenoxy) is 1. The number of alkyl halides is 1. The van der Waals surface area contributed by atoms with Crippen molar-refractivity contribution in [2.45, 2.75) is 26.4 Å². The van der Waals surface area contributed by atoms with Crippen molar-refractivity contribution < 1.29 is 14.2 Å². The van der Waals surface area contributed by atoms with Crippen molar-refractivity contribution in [3.63, 3.8) is 0 Å². The third-order valence-electron chi connectivity index (χ3n) is 1.86. The van der Waals surface area contributed by atoms with Crippen LogP contribution in [-0.4, -0.2) is 48.7 Å². The molecule has 0 aromatic rings. The lowest BCUT2D eigenvalue weighted by Gasteiger charge is -2.36. The smallest absolute Gasteiger partial charge is 0.129 e. The summed E-state index contributed by atoms with van der Waals surface area (Å²) in [5, 5.41) is 9.44. The summed E-state index contributed by atoms with van der Waals surface area (Å²) in [6.07, 6.45) is 0. The van der Waals surface area contributed by atoms with Crippen LogP contribution in [0.15, 0.2) is 0 Å². The fourth-order valence-corrected chi connectivity index (χ4v) is 1.16. The first-order valence-corrected chi connectivity index (χ1v) is 4.78. The van der Waals surface area contributed by atoms with E-state index >= 15 is 0 Å². The van der Waals surface area contributed by atoms with Crippen molar-refractivity contribution in [1.29, 1.82) is 0 Å². The molecule has 1 rings (SSSR count). The number of nitrogens with zero attached hydrogens (tertiary/aromatic N) is 1. The zero-order valence-electron chi connectivity index (χ0n) is 8.72. The monoisotopic (exact) mass is 193 g/mol. The zero-order valence-corrected chi connectivity index (χ0v) is 8.72. The maximum Gasteiger partial charge on any atom is 0.129 e. The van der Waals surface area contributed by atoms with Gasteiger partial charge in [0, 0.05) is 6.54 Å². The number of rotatable bonds is 2. The van der Waals surface area contributed by atoms with E-state index in [1.807, 2.05) is 25.7 Å². The minimum atomic E-state index is -1.27. The highest BCUT2D eigenvalue weighted by Gasteiger charge is 2.33. The van der Waals surface area contributed by atoms with Crippen LogP contribution in [0.3, 0.4) is 0 Å². The molecule has 0 saturated carbocycles. The Bertz CT molecular complexity index is 135. The fraction of sp³-hybridized carbons (Fsp3) is 1.00. The van der Waals surface area contributed by atoms with Crippen LogP contribution < -0.4 is 0 Å². The molecule has 3 nitrogen and oxygen atoms in total. The van der Waals surface area contributed by atoms with Gasteiger partial charge in [-0.3, -0.25) is 4.90 Å². The third kappa shape index (κ3) is 4.02. The number of β-amino-alcohol motifs (C(OH)–C–C–N with tert-alkyl or cyclic N) is 1. The molecule has 1 atom stereocenters. The summed E-state index contributed by atoms with van der Waals surface area (Å²) in [5.74, 6) is 0. The second-order valence-electron chi connectivity index (χ2n) is 2.98. The van der Waals surface area contributed by atoms with E-state index in [-0.39, 0.29) is 6.61 Å². The normalized spacial score (nSPS) is 29.3. The van der Waals surface area contributed by atoms with E-state index in [9.17, 15) is 9.50 Å². The lowest BCUT2D eigenvalue weighted by Crippen LogP contribution is -2.53. The Morgan fingerprint density at radius 1 is 1.54 bits per heavy atom. The van der Waals surface area contributed by atoms with Crippen molar-refractivity contribution in [2.75, 3.05) is 33.1 Å². The summed E-state index contributed by atoms with van der Waals surface area (Å²) >= 11 is 0. The third-order valence-corrected chi connectivity index (χ3v) is 1.86. The first-order chi connectivity index (χ1) is 6.20. The van der Waals surface area contributed by atoms with E-state index < -0.39 is 12.3 Å². The second-order valence-corrected chi connectivity index (χ2v) is 2.98. The van der Waals surface area contributed by atoms with Crippen molar-refractivity contribution in [3.8, 4) is 0 Å². The Morgan fingerprint density at radius 2 is 2.15 bits per heavy atom. The van der Waals surface area contributed by atoms with Gasteiger partial charge in [-0.05, 0) is 6.54 Å². The van der Waals surface area contributed by atoms with Gasteiger partial charge in [-0.2, -0.15) is 0 Å². The Balaban J connectivity index is 0.000000671. The van der Waals surface area contributed by atoms with Crippen LogP contribution in [0.25, 0.3) is 0 Å². The first-order valence-electron chi connectivity index (χ1n) is 4.78. The fourth-order valence-electron chi connectivity index (χ4n) is 1.16. The van der Waals surface area contributed by atoms with Crippen LogP contribution in [0.2, 0.25) is 0 Å². The van der Waals surface area contributed by atoms with Crippen LogP contribution in [0.1, 0.15) is 20.8 Å². The number of likely N-dealkylation sites (N-methyl/N-ethyl adjacent to an activating group) is 1. The molecule has 80 valence electrons. The Kier molecular flexibility index (Phi) is 6.20. The molecule has 13 heavy (non-hydrogen) atoms. The van der Waals surface area contributed by atoms with Gasteiger partial charge in [0.25, 0.3) is 0 Å². The minimum absolute atomic E-state index is 0.111. The Labute approximate surface area is 79.5 Å². The molecule has 1 N–H and O–H groups in total. The lowest BCUT2D eigenvalue weighted by molar-refractivity contribution is -0.147. The van der Waals surface area contributed by atoms with Crippen LogP contribution in [0, 0.1) is 0 Å². The topological polar surface area (TPSA) is 32.7 Å². The molecule has 1 aliphatic rings. The Morgan fingerprint density at radius 3 is 2.62 bits per heavy atom. The van der Waals surface area contributed by atoms with Gasteiger partial charge in [0.05, 0.1) is 13.3 Å². The van der Waals surface area contributed by atoms with Crippen molar-refractivity contribution in [3.05, 3.63) is 0 Å². The molecule has 1 unspecified atom stereocenters. The molecule has 0 spiro atoms. The average Bonchev–Trinajstić information content (AvgIpc) is 2.21. The van der Waals surface area contributed by atoms with E-state index in [1.54, 1.807) is 0 Å². The standard InChI is InChI=1S/C7H14FNO2.C2H6/c1-2-9-4-7(10,3-8)5-11-6-9;1-2/h10H,2-6H2,1H3;1-2H3. The molecule has 1 saturated heterocycles. The van der Waals surface area contributed by atoms with Crippen LogP contribution >= 0.6 is 0 Å². The van der Waals surface area contributed by atoms with Gasteiger partial charge in [-0.1, -0.05) is 20.8 Å². The van der Waals surface area contributed by atoms with E-state index in [2.05, 4.69) is 0 Å². The summed E-state index contributed by atoms with van der Waals surface area (Å²) < 4.78 is 17.2. The zero-order chi connectivity index (χ0) is 10.3. The number of halogens is 1. The molecular formula is C9H20FNO2. The molecular weight excluding hydrogens is 173 g/mol. The van der Waals surface area contributed by atoms with Gasteiger partial charge < -0.3 is 9.84 Å². The summed E-state index contributed by atoms with van der Waals surface area (Å²) in [5.41, 5.74) is -1.27. The van der Waals surface area contributed by atoms with Gasteiger partial charge in [0.15, 0.2) is 0 Å². The average molecular weight is 193 g/mol. The van der Waals surface area contributed by atoms with E-state index in [1.165, 1.54) is 0 Å².